The average molecular weight is 407 g/mol. The molecule has 3 rings (SSSR count). The van der Waals surface area contributed by atoms with E-state index in [1.54, 1.807) is 0 Å². The fourth-order valence-electron chi connectivity index (χ4n) is 2.43. The van der Waals surface area contributed by atoms with Gasteiger partial charge in [0.05, 0.1) is 17.7 Å². The Labute approximate surface area is 154 Å². The minimum atomic E-state index is -0.540. The molecule has 24 heavy (non-hydrogen) atoms. The quantitative estimate of drug-likeness (QED) is 0.592. The number of hydrogen-bond acceptors (Lipinski definition) is 3. The van der Waals surface area contributed by atoms with Crippen LogP contribution in [0.4, 0.5) is 0 Å². The molecule has 0 saturated carbocycles. The van der Waals surface area contributed by atoms with E-state index in [2.05, 4.69) is 21.2 Å². The summed E-state index contributed by atoms with van der Waals surface area (Å²) in [6.45, 7) is 0.997. The van der Waals surface area contributed by atoms with Crippen molar-refractivity contribution in [3.63, 3.8) is 0 Å². The normalized spacial score (nSPS) is 12.3. The Morgan fingerprint density at radius 2 is 1.88 bits per heavy atom. The molecule has 0 saturated heterocycles. The standard InChI is InChI=1S/C19H17BrClNO2/c20-14-6-8-16(17(21)10-14)19-9-7-15(24-19)11-22-12-18(23)13-4-2-1-3-5-13/h1-10,18,22-23H,11-12H2/t18-/m0/s1. The minimum absolute atomic E-state index is 0.457. The van der Waals surface area contributed by atoms with Crippen molar-refractivity contribution in [2.45, 2.75) is 12.6 Å². The fourth-order valence-corrected chi connectivity index (χ4v) is 3.20. The highest BCUT2D eigenvalue weighted by molar-refractivity contribution is 9.10. The molecule has 0 spiro atoms. The highest BCUT2D eigenvalue weighted by Gasteiger charge is 2.10. The number of furan rings is 1. The van der Waals surface area contributed by atoms with E-state index in [1.807, 2.05) is 60.7 Å². The first-order valence-corrected chi connectivity index (χ1v) is 8.78. The Kier molecular flexibility index (Phi) is 5.74. The molecular formula is C19H17BrClNO2. The van der Waals surface area contributed by atoms with Crippen LogP contribution in [0.5, 0.6) is 0 Å². The maximum Gasteiger partial charge on any atom is 0.135 e. The van der Waals surface area contributed by atoms with Crippen LogP contribution in [-0.2, 0) is 6.54 Å². The molecule has 1 atom stereocenters. The van der Waals surface area contributed by atoms with E-state index in [-0.39, 0.29) is 0 Å². The second kappa shape index (κ2) is 7.99. The summed E-state index contributed by atoms with van der Waals surface area (Å²) in [6.07, 6.45) is -0.540. The lowest BCUT2D eigenvalue weighted by Crippen LogP contribution is -2.20. The summed E-state index contributed by atoms with van der Waals surface area (Å²) in [5.41, 5.74) is 1.75. The summed E-state index contributed by atoms with van der Waals surface area (Å²) in [4.78, 5) is 0. The smallest absolute Gasteiger partial charge is 0.135 e. The van der Waals surface area contributed by atoms with Gasteiger partial charge < -0.3 is 14.8 Å². The monoisotopic (exact) mass is 405 g/mol. The second-order valence-corrected chi connectivity index (χ2v) is 6.77. The van der Waals surface area contributed by atoms with Crippen molar-refractivity contribution in [1.82, 2.24) is 5.32 Å². The van der Waals surface area contributed by atoms with Gasteiger partial charge in [0, 0.05) is 16.6 Å². The third-order valence-corrected chi connectivity index (χ3v) is 4.49. The van der Waals surface area contributed by atoms with Crippen LogP contribution in [0.1, 0.15) is 17.4 Å². The fraction of sp³-hybridized carbons (Fsp3) is 0.158. The van der Waals surface area contributed by atoms with E-state index in [4.69, 9.17) is 16.0 Å². The molecule has 0 bridgehead atoms. The molecule has 5 heteroatoms. The molecule has 3 nitrogen and oxygen atoms in total. The predicted octanol–water partition coefficient (Wildman–Crippen LogP) is 5.19. The van der Waals surface area contributed by atoms with Gasteiger partial charge in [-0.3, -0.25) is 0 Å². The Morgan fingerprint density at radius 3 is 2.62 bits per heavy atom. The van der Waals surface area contributed by atoms with E-state index in [0.29, 0.717) is 18.1 Å². The molecule has 0 aliphatic heterocycles. The maximum atomic E-state index is 10.1. The lowest BCUT2D eigenvalue weighted by Gasteiger charge is -2.11. The summed E-state index contributed by atoms with van der Waals surface area (Å²) in [7, 11) is 0. The van der Waals surface area contributed by atoms with Crippen molar-refractivity contribution in [1.29, 1.82) is 0 Å². The number of benzene rings is 2. The van der Waals surface area contributed by atoms with Crippen LogP contribution in [0.3, 0.4) is 0 Å². The summed E-state index contributed by atoms with van der Waals surface area (Å²) in [5, 5.41) is 14.0. The number of aliphatic hydroxyl groups excluding tert-OH is 1. The largest absolute Gasteiger partial charge is 0.460 e. The molecule has 0 aliphatic carbocycles. The van der Waals surface area contributed by atoms with Gasteiger partial charge in [0.2, 0.25) is 0 Å². The van der Waals surface area contributed by atoms with E-state index in [1.165, 1.54) is 0 Å². The minimum Gasteiger partial charge on any atom is -0.460 e. The second-order valence-electron chi connectivity index (χ2n) is 5.45. The number of hydrogen-bond donors (Lipinski definition) is 2. The topological polar surface area (TPSA) is 45.4 Å². The number of aliphatic hydroxyl groups is 1. The average Bonchev–Trinajstić information content (AvgIpc) is 3.04. The zero-order valence-corrected chi connectivity index (χ0v) is 15.2. The van der Waals surface area contributed by atoms with E-state index < -0.39 is 6.10 Å². The first kappa shape index (κ1) is 17.2. The van der Waals surface area contributed by atoms with Gasteiger partial charge in [0.25, 0.3) is 0 Å². The third-order valence-electron chi connectivity index (χ3n) is 3.68. The van der Waals surface area contributed by atoms with Gasteiger partial charge in [0.1, 0.15) is 11.5 Å². The van der Waals surface area contributed by atoms with Gasteiger partial charge in [-0.2, -0.15) is 0 Å². The number of nitrogens with one attached hydrogen (secondary N) is 1. The van der Waals surface area contributed by atoms with Crippen LogP contribution >= 0.6 is 27.5 Å². The van der Waals surface area contributed by atoms with Crippen molar-refractivity contribution >= 4 is 27.5 Å². The van der Waals surface area contributed by atoms with E-state index in [9.17, 15) is 5.11 Å². The van der Waals surface area contributed by atoms with Gasteiger partial charge in [-0.05, 0) is 35.9 Å². The Bertz CT molecular complexity index is 804. The SMILES string of the molecule is O[C@@H](CNCc1ccc(-c2ccc(Br)cc2Cl)o1)c1ccccc1. The lowest BCUT2D eigenvalue weighted by molar-refractivity contribution is 0.173. The molecule has 0 aliphatic rings. The van der Waals surface area contributed by atoms with Crippen LogP contribution in [-0.4, -0.2) is 11.7 Å². The van der Waals surface area contributed by atoms with Crippen LogP contribution in [0.2, 0.25) is 5.02 Å². The molecule has 0 amide bonds. The summed E-state index contributed by atoms with van der Waals surface area (Å²) in [6, 6.07) is 19.1. The zero-order valence-electron chi connectivity index (χ0n) is 12.9. The van der Waals surface area contributed by atoms with Crippen molar-refractivity contribution in [3.8, 4) is 11.3 Å². The van der Waals surface area contributed by atoms with Gasteiger partial charge in [-0.15, -0.1) is 0 Å². The van der Waals surface area contributed by atoms with Crippen molar-refractivity contribution in [2.75, 3.05) is 6.54 Å². The molecule has 2 aromatic carbocycles. The number of rotatable bonds is 6. The highest BCUT2D eigenvalue weighted by atomic mass is 79.9. The first-order chi connectivity index (χ1) is 11.6. The Hall–Kier alpha value is -1.59. The molecule has 0 unspecified atom stereocenters. The number of halogens is 2. The van der Waals surface area contributed by atoms with Gasteiger partial charge in [-0.1, -0.05) is 57.9 Å². The third kappa shape index (κ3) is 4.28. The lowest BCUT2D eigenvalue weighted by atomic mass is 10.1. The molecule has 3 aromatic rings. The van der Waals surface area contributed by atoms with Crippen molar-refractivity contribution in [2.24, 2.45) is 0 Å². The predicted molar refractivity (Wildman–Crippen MR) is 100.0 cm³/mol. The maximum absolute atomic E-state index is 10.1. The molecule has 1 aromatic heterocycles. The van der Waals surface area contributed by atoms with Crippen molar-refractivity contribution < 1.29 is 9.52 Å². The van der Waals surface area contributed by atoms with Gasteiger partial charge in [0.15, 0.2) is 0 Å². The molecule has 0 radical (unpaired) electrons. The van der Waals surface area contributed by atoms with Gasteiger partial charge >= 0.3 is 0 Å². The molecular weight excluding hydrogens is 390 g/mol. The Balaban J connectivity index is 1.58. The summed E-state index contributed by atoms with van der Waals surface area (Å²) >= 11 is 9.64. The van der Waals surface area contributed by atoms with Crippen LogP contribution in [0, 0.1) is 0 Å². The van der Waals surface area contributed by atoms with Crippen LogP contribution in [0.15, 0.2) is 69.6 Å². The Morgan fingerprint density at radius 1 is 1.08 bits per heavy atom. The summed E-state index contributed by atoms with van der Waals surface area (Å²) < 4.78 is 6.76. The molecule has 2 N–H and O–H groups in total. The zero-order chi connectivity index (χ0) is 16.9. The van der Waals surface area contributed by atoms with Crippen molar-refractivity contribution in [3.05, 3.63) is 81.5 Å². The summed E-state index contributed by atoms with van der Waals surface area (Å²) in [5.74, 6) is 1.53. The van der Waals surface area contributed by atoms with Gasteiger partial charge in [-0.25, -0.2) is 0 Å². The van der Waals surface area contributed by atoms with Crippen LogP contribution < -0.4 is 5.32 Å². The molecule has 124 valence electrons. The van der Waals surface area contributed by atoms with E-state index in [0.717, 1.165) is 27.1 Å². The first-order valence-electron chi connectivity index (χ1n) is 7.61. The molecule has 0 fully saturated rings. The van der Waals surface area contributed by atoms with E-state index >= 15 is 0 Å². The highest BCUT2D eigenvalue weighted by Crippen LogP contribution is 2.31. The van der Waals surface area contributed by atoms with Crippen LogP contribution in [0.25, 0.3) is 11.3 Å². The molecule has 1 heterocycles.